The van der Waals surface area contributed by atoms with Crippen LogP contribution < -0.4 is 5.73 Å². The van der Waals surface area contributed by atoms with Gasteiger partial charge in [0, 0.05) is 10.9 Å². The van der Waals surface area contributed by atoms with Crippen molar-refractivity contribution < 1.29 is 9.90 Å². The highest BCUT2D eigenvalue weighted by molar-refractivity contribution is 7.10. The van der Waals surface area contributed by atoms with Crippen LogP contribution in [-0.2, 0) is 4.79 Å². The molecule has 0 amide bonds. The molecule has 0 aliphatic carbocycles. The Hall–Kier alpha value is -0.870. The number of carboxylic acid groups (broad SMARTS) is 1. The minimum Gasteiger partial charge on any atom is -0.481 e. The Morgan fingerprint density at radius 3 is 2.92 bits per heavy atom. The van der Waals surface area contributed by atoms with E-state index in [-0.39, 0.29) is 12.5 Å². The van der Waals surface area contributed by atoms with E-state index >= 15 is 0 Å². The highest BCUT2D eigenvalue weighted by Gasteiger charge is 2.11. The van der Waals surface area contributed by atoms with Gasteiger partial charge < -0.3 is 10.8 Å². The lowest BCUT2D eigenvalue weighted by atomic mass is 10.1. The molecular weight excluding hydrogens is 174 g/mol. The Balaban J connectivity index is 2.64. The lowest BCUT2D eigenvalue weighted by Crippen LogP contribution is -2.14. The maximum Gasteiger partial charge on any atom is 0.305 e. The van der Waals surface area contributed by atoms with Gasteiger partial charge in [-0.05, 0) is 23.9 Å². The van der Waals surface area contributed by atoms with Gasteiger partial charge in [-0.2, -0.15) is 0 Å². The Labute approximate surface area is 74.8 Å². The summed E-state index contributed by atoms with van der Waals surface area (Å²) in [5.74, 6) is -0.855. The van der Waals surface area contributed by atoms with E-state index < -0.39 is 5.97 Å². The average molecular weight is 185 g/mol. The molecule has 0 radical (unpaired) electrons. The van der Waals surface area contributed by atoms with E-state index in [1.54, 1.807) is 11.3 Å². The van der Waals surface area contributed by atoms with Gasteiger partial charge in [0.25, 0.3) is 0 Å². The molecule has 0 bridgehead atoms. The van der Waals surface area contributed by atoms with Gasteiger partial charge >= 0.3 is 5.97 Å². The fourth-order valence-corrected chi connectivity index (χ4v) is 1.73. The van der Waals surface area contributed by atoms with Gasteiger partial charge in [0.05, 0.1) is 6.42 Å². The number of aliphatic carboxylic acids is 1. The molecule has 0 fully saturated rings. The molecule has 3 nitrogen and oxygen atoms in total. The van der Waals surface area contributed by atoms with Crippen molar-refractivity contribution in [3.63, 3.8) is 0 Å². The molecule has 0 aromatic carbocycles. The monoisotopic (exact) mass is 185 g/mol. The first-order chi connectivity index (χ1) is 5.59. The molecular formula is C8H11NO2S. The third-order valence-electron chi connectivity index (χ3n) is 1.57. The number of thiophene rings is 1. The maximum absolute atomic E-state index is 10.3. The molecule has 12 heavy (non-hydrogen) atoms. The van der Waals surface area contributed by atoms with Crippen LogP contribution in [0.3, 0.4) is 0 Å². The molecule has 1 aromatic rings. The second kappa shape index (κ2) is 3.69. The SMILES string of the molecule is Cc1cc([C@@H](N)CC(=O)O)cs1. The Morgan fingerprint density at radius 2 is 2.50 bits per heavy atom. The molecule has 0 aliphatic heterocycles. The summed E-state index contributed by atoms with van der Waals surface area (Å²) in [4.78, 5) is 11.5. The van der Waals surface area contributed by atoms with Crippen molar-refractivity contribution in [2.45, 2.75) is 19.4 Å². The zero-order valence-electron chi connectivity index (χ0n) is 6.78. The number of hydrogen-bond donors (Lipinski definition) is 2. The van der Waals surface area contributed by atoms with Gasteiger partial charge in [0.1, 0.15) is 0 Å². The molecule has 1 atom stereocenters. The first kappa shape index (κ1) is 9.22. The number of aryl methyl sites for hydroxylation is 1. The zero-order chi connectivity index (χ0) is 9.14. The lowest BCUT2D eigenvalue weighted by Gasteiger charge is -2.04. The number of carbonyl (C=O) groups is 1. The Bertz CT molecular complexity index is 282. The van der Waals surface area contributed by atoms with Crippen LogP contribution in [0.1, 0.15) is 22.9 Å². The summed E-state index contributed by atoms with van der Waals surface area (Å²) in [5, 5.41) is 10.4. The fourth-order valence-electron chi connectivity index (χ4n) is 0.964. The largest absolute Gasteiger partial charge is 0.481 e. The highest BCUT2D eigenvalue weighted by atomic mass is 32.1. The average Bonchev–Trinajstić information content (AvgIpc) is 2.34. The zero-order valence-corrected chi connectivity index (χ0v) is 7.60. The van der Waals surface area contributed by atoms with E-state index in [0.717, 1.165) is 10.4 Å². The molecule has 0 saturated carbocycles. The topological polar surface area (TPSA) is 63.3 Å². The van der Waals surface area contributed by atoms with E-state index in [1.165, 1.54) is 0 Å². The van der Waals surface area contributed by atoms with Crippen molar-refractivity contribution in [2.75, 3.05) is 0 Å². The van der Waals surface area contributed by atoms with Crippen LogP contribution >= 0.6 is 11.3 Å². The predicted octanol–water partition coefficient (Wildman–Crippen LogP) is 1.53. The van der Waals surface area contributed by atoms with E-state index in [4.69, 9.17) is 10.8 Å². The molecule has 0 aliphatic rings. The standard InChI is InChI=1S/C8H11NO2S/c1-5-2-6(4-12-5)7(9)3-8(10)11/h2,4,7H,3,9H2,1H3,(H,10,11)/t7-/m0/s1. The van der Waals surface area contributed by atoms with Crippen LogP contribution in [0.2, 0.25) is 0 Å². The normalized spacial score (nSPS) is 12.8. The van der Waals surface area contributed by atoms with Gasteiger partial charge in [0.15, 0.2) is 0 Å². The van der Waals surface area contributed by atoms with Gasteiger partial charge in [-0.1, -0.05) is 0 Å². The van der Waals surface area contributed by atoms with Gasteiger partial charge in [0.2, 0.25) is 0 Å². The first-order valence-corrected chi connectivity index (χ1v) is 4.50. The van der Waals surface area contributed by atoms with Crippen molar-refractivity contribution in [3.05, 3.63) is 21.9 Å². The molecule has 1 heterocycles. The summed E-state index contributed by atoms with van der Waals surface area (Å²) in [6.07, 6.45) is -0.00380. The highest BCUT2D eigenvalue weighted by Crippen LogP contribution is 2.20. The summed E-state index contributed by atoms with van der Waals surface area (Å²) < 4.78 is 0. The van der Waals surface area contributed by atoms with Crippen molar-refractivity contribution in [1.29, 1.82) is 0 Å². The van der Waals surface area contributed by atoms with E-state index in [0.29, 0.717) is 0 Å². The Kier molecular flexibility index (Phi) is 2.83. The number of nitrogens with two attached hydrogens (primary N) is 1. The van der Waals surface area contributed by atoms with E-state index in [2.05, 4.69) is 0 Å². The molecule has 0 saturated heterocycles. The van der Waals surface area contributed by atoms with Crippen molar-refractivity contribution >= 4 is 17.3 Å². The predicted molar refractivity (Wildman–Crippen MR) is 48.2 cm³/mol. The van der Waals surface area contributed by atoms with Gasteiger partial charge in [-0.3, -0.25) is 4.79 Å². The van der Waals surface area contributed by atoms with Crippen molar-refractivity contribution in [2.24, 2.45) is 5.73 Å². The third kappa shape index (κ3) is 2.32. The van der Waals surface area contributed by atoms with Gasteiger partial charge in [-0.25, -0.2) is 0 Å². The van der Waals surface area contributed by atoms with Crippen LogP contribution in [0.15, 0.2) is 11.4 Å². The molecule has 1 aromatic heterocycles. The number of rotatable bonds is 3. The van der Waals surface area contributed by atoms with Crippen LogP contribution in [0, 0.1) is 6.92 Å². The Morgan fingerprint density at radius 1 is 1.83 bits per heavy atom. The minimum atomic E-state index is -0.855. The summed E-state index contributed by atoms with van der Waals surface area (Å²) in [6, 6.07) is 1.56. The molecule has 1 rings (SSSR count). The number of carboxylic acids is 1. The molecule has 3 N–H and O–H groups in total. The van der Waals surface area contributed by atoms with E-state index in [1.807, 2.05) is 18.4 Å². The van der Waals surface area contributed by atoms with Gasteiger partial charge in [-0.15, -0.1) is 11.3 Å². The number of hydrogen-bond acceptors (Lipinski definition) is 3. The third-order valence-corrected chi connectivity index (χ3v) is 2.45. The smallest absolute Gasteiger partial charge is 0.305 e. The fraction of sp³-hybridized carbons (Fsp3) is 0.375. The second-order valence-corrected chi connectivity index (χ2v) is 3.81. The maximum atomic E-state index is 10.3. The lowest BCUT2D eigenvalue weighted by molar-refractivity contribution is -0.137. The van der Waals surface area contributed by atoms with E-state index in [9.17, 15) is 4.79 Å². The minimum absolute atomic E-state index is 0.00380. The van der Waals surface area contributed by atoms with Crippen LogP contribution in [0.25, 0.3) is 0 Å². The summed E-state index contributed by atoms with van der Waals surface area (Å²) >= 11 is 1.59. The second-order valence-electron chi connectivity index (χ2n) is 2.70. The van der Waals surface area contributed by atoms with Crippen molar-refractivity contribution in [3.8, 4) is 0 Å². The first-order valence-electron chi connectivity index (χ1n) is 3.62. The van der Waals surface area contributed by atoms with Crippen LogP contribution in [0.4, 0.5) is 0 Å². The molecule has 66 valence electrons. The molecule has 0 spiro atoms. The molecule has 0 unspecified atom stereocenters. The summed E-state index contributed by atoms with van der Waals surface area (Å²) in [7, 11) is 0. The van der Waals surface area contributed by atoms with Crippen molar-refractivity contribution in [1.82, 2.24) is 0 Å². The summed E-state index contributed by atoms with van der Waals surface area (Å²) in [5.41, 5.74) is 6.55. The summed E-state index contributed by atoms with van der Waals surface area (Å²) in [6.45, 7) is 1.97. The van der Waals surface area contributed by atoms with Crippen LogP contribution in [-0.4, -0.2) is 11.1 Å². The molecule has 4 heteroatoms. The van der Waals surface area contributed by atoms with Crippen LogP contribution in [0.5, 0.6) is 0 Å². The quantitative estimate of drug-likeness (QED) is 0.750.